The molecule has 0 fully saturated rings. The number of hydrogen-bond donors (Lipinski definition) is 0. The molecular weight excluding hydrogens is 490 g/mol. The topological polar surface area (TPSA) is 135 Å². The number of fused-ring (bicyclic) bond motifs is 1. The van der Waals surface area contributed by atoms with Gasteiger partial charge in [-0.1, -0.05) is 23.5 Å². The summed E-state index contributed by atoms with van der Waals surface area (Å²) in [5.41, 5.74) is 0.654. The van der Waals surface area contributed by atoms with Crippen LogP contribution in [0.4, 0.5) is 5.88 Å². The Balaban J connectivity index is 2.00. The van der Waals surface area contributed by atoms with Crippen LogP contribution in [-0.2, 0) is 9.53 Å². The van der Waals surface area contributed by atoms with E-state index in [1.54, 1.807) is 32.0 Å². The Morgan fingerprint density at radius 2 is 2.06 bits per heavy atom. The first-order chi connectivity index (χ1) is 17.3. The molecule has 1 aliphatic rings. The van der Waals surface area contributed by atoms with Crippen molar-refractivity contribution in [2.75, 3.05) is 20.3 Å². The highest BCUT2D eigenvalue weighted by atomic mass is 32.1. The first-order valence-corrected chi connectivity index (χ1v) is 11.9. The Morgan fingerprint density at radius 3 is 2.69 bits per heavy atom. The number of carbonyl (C=O) groups excluding carboxylic acids is 1. The van der Waals surface area contributed by atoms with E-state index in [0.29, 0.717) is 34.2 Å². The number of hydrogen-bond acceptors (Lipinski definition) is 10. The van der Waals surface area contributed by atoms with Crippen LogP contribution >= 0.6 is 11.3 Å². The summed E-state index contributed by atoms with van der Waals surface area (Å²) in [4.78, 5) is 41.9. The van der Waals surface area contributed by atoms with Crippen LogP contribution in [0.25, 0.3) is 6.08 Å². The summed E-state index contributed by atoms with van der Waals surface area (Å²) in [5, 5.41) is 11.0. The Labute approximate surface area is 208 Å². The number of para-hydroxylation sites is 1. The lowest BCUT2D eigenvalue weighted by molar-refractivity contribution is -0.402. The molecule has 0 saturated heterocycles. The van der Waals surface area contributed by atoms with E-state index >= 15 is 0 Å². The number of nitrogens with zero attached hydrogens (tertiary/aromatic N) is 3. The average Bonchev–Trinajstić information content (AvgIpc) is 3.43. The lowest BCUT2D eigenvalue weighted by Crippen LogP contribution is -2.40. The summed E-state index contributed by atoms with van der Waals surface area (Å²) in [5.74, 6) is -0.0752. The molecule has 1 aromatic carbocycles. The van der Waals surface area contributed by atoms with E-state index in [1.165, 1.54) is 29.9 Å². The molecule has 3 heterocycles. The van der Waals surface area contributed by atoms with Gasteiger partial charge in [0.2, 0.25) is 0 Å². The van der Waals surface area contributed by atoms with Crippen molar-refractivity contribution in [2.45, 2.75) is 26.8 Å². The minimum atomic E-state index is -0.912. The van der Waals surface area contributed by atoms with Crippen LogP contribution in [0, 0.1) is 10.1 Å². The first kappa shape index (κ1) is 24.9. The van der Waals surface area contributed by atoms with Crippen molar-refractivity contribution in [1.82, 2.24) is 4.57 Å². The van der Waals surface area contributed by atoms with E-state index in [4.69, 9.17) is 18.6 Å². The Bertz CT molecular complexity index is 1550. The van der Waals surface area contributed by atoms with E-state index in [2.05, 4.69) is 4.99 Å². The molecule has 3 aromatic rings. The third kappa shape index (κ3) is 4.42. The zero-order valence-electron chi connectivity index (χ0n) is 20.0. The monoisotopic (exact) mass is 513 g/mol. The van der Waals surface area contributed by atoms with Crippen LogP contribution in [0.5, 0.6) is 11.5 Å². The van der Waals surface area contributed by atoms with Crippen LogP contribution < -0.4 is 24.4 Å². The number of aromatic nitrogens is 1. The Kier molecular flexibility index (Phi) is 7.06. The van der Waals surface area contributed by atoms with Crippen molar-refractivity contribution in [1.29, 1.82) is 0 Å². The van der Waals surface area contributed by atoms with E-state index < -0.39 is 28.4 Å². The number of allylic oxidation sites excluding steroid dienone is 1. The van der Waals surface area contributed by atoms with Crippen LogP contribution in [0.15, 0.2) is 55.8 Å². The lowest BCUT2D eigenvalue weighted by Gasteiger charge is -2.26. The highest BCUT2D eigenvalue weighted by Gasteiger charge is 2.36. The van der Waals surface area contributed by atoms with Gasteiger partial charge in [0.25, 0.3) is 5.56 Å². The number of benzene rings is 1. The summed E-state index contributed by atoms with van der Waals surface area (Å²) >= 11 is 1.07. The number of nitro groups is 1. The van der Waals surface area contributed by atoms with Crippen LogP contribution in [0.1, 0.15) is 38.1 Å². The van der Waals surface area contributed by atoms with Crippen molar-refractivity contribution in [3.63, 3.8) is 0 Å². The highest BCUT2D eigenvalue weighted by Crippen LogP contribution is 2.40. The summed E-state index contributed by atoms with van der Waals surface area (Å²) in [6, 6.07) is 6.92. The largest absolute Gasteiger partial charge is 0.493 e. The highest BCUT2D eigenvalue weighted by molar-refractivity contribution is 7.07. The smallest absolute Gasteiger partial charge is 0.433 e. The second-order valence-electron chi connectivity index (χ2n) is 7.55. The third-order valence-electron chi connectivity index (χ3n) is 5.40. The molecule has 4 rings (SSSR count). The number of methoxy groups -OCH3 is 1. The van der Waals surface area contributed by atoms with Gasteiger partial charge in [-0.2, -0.15) is 0 Å². The predicted octanol–water partition coefficient (Wildman–Crippen LogP) is 2.71. The normalized spacial score (nSPS) is 15.3. The minimum Gasteiger partial charge on any atom is -0.493 e. The second kappa shape index (κ2) is 10.2. The van der Waals surface area contributed by atoms with Gasteiger partial charge < -0.3 is 18.6 Å². The SMILES string of the molecule is CCOC(=O)C1=C(C)N=c2sc(=Cc3ccc([N+](=O)[O-])o3)c(=O)n2[C@H]1c1cccc(OC)c1OCC. The van der Waals surface area contributed by atoms with Gasteiger partial charge in [-0.25, -0.2) is 9.79 Å². The van der Waals surface area contributed by atoms with Gasteiger partial charge in [-0.15, -0.1) is 0 Å². The van der Waals surface area contributed by atoms with Crippen molar-refractivity contribution < 1.29 is 28.3 Å². The number of rotatable bonds is 8. The molecule has 0 radical (unpaired) electrons. The van der Waals surface area contributed by atoms with Crippen LogP contribution in [0.3, 0.4) is 0 Å². The third-order valence-corrected chi connectivity index (χ3v) is 6.38. The molecule has 1 aliphatic heterocycles. The molecule has 188 valence electrons. The van der Waals surface area contributed by atoms with Crippen LogP contribution in [-0.4, -0.2) is 35.8 Å². The molecule has 2 aromatic heterocycles. The van der Waals surface area contributed by atoms with E-state index in [-0.39, 0.29) is 22.5 Å². The number of esters is 1. The Morgan fingerprint density at radius 1 is 1.28 bits per heavy atom. The van der Waals surface area contributed by atoms with Crippen LogP contribution in [0.2, 0.25) is 0 Å². The molecular formula is C24H23N3O8S. The number of thiazole rings is 1. The molecule has 0 N–H and O–H groups in total. The quantitative estimate of drug-likeness (QED) is 0.255. The fourth-order valence-electron chi connectivity index (χ4n) is 3.94. The van der Waals surface area contributed by atoms with Gasteiger partial charge in [-0.05, 0) is 32.9 Å². The first-order valence-electron chi connectivity index (χ1n) is 11.0. The summed E-state index contributed by atoms with van der Waals surface area (Å²) in [6.07, 6.45) is 1.41. The number of carbonyl (C=O) groups is 1. The van der Waals surface area contributed by atoms with E-state index in [1.807, 2.05) is 6.92 Å². The molecule has 0 bridgehead atoms. The second-order valence-corrected chi connectivity index (χ2v) is 8.56. The minimum absolute atomic E-state index is 0.139. The van der Waals surface area contributed by atoms with Gasteiger partial charge in [0.15, 0.2) is 16.3 Å². The lowest BCUT2D eigenvalue weighted by atomic mass is 9.94. The van der Waals surface area contributed by atoms with Gasteiger partial charge in [0.1, 0.15) is 16.7 Å². The Hall–Kier alpha value is -4.19. The molecule has 0 aliphatic carbocycles. The van der Waals surface area contributed by atoms with Gasteiger partial charge in [-0.3, -0.25) is 19.5 Å². The molecule has 0 spiro atoms. The van der Waals surface area contributed by atoms with Gasteiger partial charge in [0, 0.05) is 11.6 Å². The van der Waals surface area contributed by atoms with E-state index in [0.717, 1.165) is 11.3 Å². The van der Waals surface area contributed by atoms with Crippen molar-refractivity contribution in [3.8, 4) is 11.5 Å². The van der Waals surface area contributed by atoms with Crippen molar-refractivity contribution >= 4 is 29.3 Å². The zero-order chi connectivity index (χ0) is 26.0. The van der Waals surface area contributed by atoms with Crippen molar-refractivity contribution in [3.05, 3.63) is 82.7 Å². The van der Waals surface area contributed by atoms with E-state index in [9.17, 15) is 19.7 Å². The fraction of sp³-hybridized carbons (Fsp3) is 0.292. The molecule has 0 unspecified atom stereocenters. The number of furan rings is 1. The number of ether oxygens (including phenoxy) is 3. The molecule has 0 amide bonds. The summed E-state index contributed by atoms with van der Waals surface area (Å²) in [6.45, 7) is 5.64. The van der Waals surface area contributed by atoms with Gasteiger partial charge in [0.05, 0.1) is 42.2 Å². The fourth-order valence-corrected chi connectivity index (χ4v) is 4.97. The summed E-state index contributed by atoms with van der Waals surface area (Å²) < 4.78 is 23.5. The average molecular weight is 514 g/mol. The van der Waals surface area contributed by atoms with Gasteiger partial charge >= 0.3 is 11.9 Å². The molecule has 12 heteroatoms. The molecule has 1 atom stereocenters. The molecule has 0 saturated carbocycles. The maximum atomic E-state index is 13.7. The zero-order valence-corrected chi connectivity index (χ0v) is 20.8. The maximum Gasteiger partial charge on any atom is 0.433 e. The summed E-state index contributed by atoms with van der Waals surface area (Å²) in [7, 11) is 1.50. The molecule has 36 heavy (non-hydrogen) atoms. The standard InChI is InChI=1S/C24H23N3O8S/c1-5-33-21-15(8-7-9-16(21)32-4)20-19(23(29)34-6-2)13(3)25-24-26(20)22(28)17(36-24)12-14-10-11-18(35-14)27(30)31/h7-12,20H,5-6H2,1-4H3/t20-/m0/s1. The maximum absolute atomic E-state index is 13.7. The molecule has 11 nitrogen and oxygen atoms in total. The predicted molar refractivity (Wildman–Crippen MR) is 130 cm³/mol. The van der Waals surface area contributed by atoms with Crippen molar-refractivity contribution in [2.24, 2.45) is 4.99 Å².